The maximum atomic E-state index is 5.32. The lowest BCUT2D eigenvalue weighted by Gasteiger charge is -2.07. The molecule has 0 aromatic rings. The first kappa shape index (κ1) is 11.4. The van der Waals surface area contributed by atoms with Crippen LogP contribution in [0.5, 0.6) is 0 Å². The van der Waals surface area contributed by atoms with Crippen LogP contribution in [0.15, 0.2) is 0 Å². The SMILES string of the molecule is CCCCCC([S])CCCC. The summed E-state index contributed by atoms with van der Waals surface area (Å²) < 4.78 is 0. The molecule has 1 unspecified atom stereocenters. The van der Waals surface area contributed by atoms with Crippen molar-refractivity contribution >= 4 is 12.6 Å². The predicted molar refractivity (Wildman–Crippen MR) is 55.0 cm³/mol. The molecule has 0 saturated heterocycles. The van der Waals surface area contributed by atoms with Crippen molar-refractivity contribution < 1.29 is 0 Å². The van der Waals surface area contributed by atoms with Gasteiger partial charge in [0.25, 0.3) is 0 Å². The van der Waals surface area contributed by atoms with Crippen LogP contribution in [0.2, 0.25) is 0 Å². The van der Waals surface area contributed by atoms with E-state index in [1.165, 1.54) is 44.9 Å². The van der Waals surface area contributed by atoms with E-state index in [1.54, 1.807) is 0 Å². The highest BCUT2D eigenvalue weighted by atomic mass is 32.1. The highest BCUT2D eigenvalue weighted by Gasteiger charge is 2.01. The second kappa shape index (κ2) is 8.45. The fraction of sp³-hybridized carbons (Fsp3) is 1.00. The standard InChI is InChI=1S/C10H21S/c1-3-5-7-9-10(11)8-6-4-2/h10H,3-9H2,1-2H3. The molecule has 0 aromatic carbocycles. The topological polar surface area (TPSA) is 0 Å². The second-order valence-corrected chi connectivity index (χ2v) is 3.93. The minimum Gasteiger partial charge on any atom is -0.0904 e. The first-order chi connectivity index (χ1) is 5.31. The Bertz CT molecular complexity index is 71.3. The largest absolute Gasteiger partial charge is 0.0904 e. The maximum absolute atomic E-state index is 5.32. The van der Waals surface area contributed by atoms with Crippen molar-refractivity contribution in [1.82, 2.24) is 0 Å². The third-order valence-electron chi connectivity index (χ3n) is 2.01. The Morgan fingerprint density at radius 1 is 0.909 bits per heavy atom. The van der Waals surface area contributed by atoms with Crippen LogP contribution in [0.3, 0.4) is 0 Å². The summed E-state index contributed by atoms with van der Waals surface area (Å²) in [4.78, 5) is 0. The van der Waals surface area contributed by atoms with Crippen molar-refractivity contribution in [3.63, 3.8) is 0 Å². The zero-order valence-electron chi connectivity index (χ0n) is 7.94. The lowest BCUT2D eigenvalue weighted by Crippen LogP contribution is -1.97. The molecule has 0 aliphatic carbocycles. The van der Waals surface area contributed by atoms with Crippen LogP contribution in [0, 0.1) is 0 Å². The van der Waals surface area contributed by atoms with Crippen molar-refractivity contribution in [1.29, 1.82) is 0 Å². The number of unbranched alkanes of at least 4 members (excludes halogenated alkanes) is 3. The van der Waals surface area contributed by atoms with Crippen molar-refractivity contribution in [2.75, 3.05) is 0 Å². The summed E-state index contributed by atoms with van der Waals surface area (Å²) in [5.41, 5.74) is 0. The van der Waals surface area contributed by atoms with Gasteiger partial charge in [0.05, 0.1) is 0 Å². The number of hydrogen-bond acceptors (Lipinski definition) is 0. The van der Waals surface area contributed by atoms with Gasteiger partial charge in [-0.1, -0.05) is 58.6 Å². The average Bonchev–Trinajstić information content (AvgIpc) is 2.01. The Labute approximate surface area is 77.2 Å². The van der Waals surface area contributed by atoms with Gasteiger partial charge in [-0.15, -0.1) is 0 Å². The molecule has 0 spiro atoms. The van der Waals surface area contributed by atoms with E-state index in [9.17, 15) is 0 Å². The number of hydrogen-bond donors (Lipinski definition) is 0. The van der Waals surface area contributed by atoms with Crippen LogP contribution in [0.4, 0.5) is 0 Å². The molecule has 1 radical (unpaired) electrons. The molecule has 11 heavy (non-hydrogen) atoms. The summed E-state index contributed by atoms with van der Waals surface area (Å²) in [5, 5.41) is 0.557. The van der Waals surface area contributed by atoms with Crippen LogP contribution in [0.25, 0.3) is 0 Å². The van der Waals surface area contributed by atoms with E-state index in [0.29, 0.717) is 5.25 Å². The highest BCUT2D eigenvalue weighted by Crippen LogP contribution is 2.14. The predicted octanol–water partition coefficient (Wildman–Crippen LogP) is 4.32. The van der Waals surface area contributed by atoms with E-state index < -0.39 is 0 Å². The molecule has 1 heteroatoms. The van der Waals surface area contributed by atoms with Crippen LogP contribution in [0.1, 0.15) is 58.8 Å². The van der Waals surface area contributed by atoms with Crippen molar-refractivity contribution in [3.05, 3.63) is 0 Å². The van der Waals surface area contributed by atoms with Crippen LogP contribution < -0.4 is 0 Å². The van der Waals surface area contributed by atoms with Gasteiger partial charge in [0.2, 0.25) is 0 Å². The molecule has 0 aromatic heterocycles. The van der Waals surface area contributed by atoms with Crippen LogP contribution in [-0.2, 0) is 0 Å². The molecule has 0 aliphatic rings. The molecule has 0 bridgehead atoms. The molecular formula is C10H21S. The van der Waals surface area contributed by atoms with Gasteiger partial charge in [0, 0.05) is 5.25 Å². The van der Waals surface area contributed by atoms with E-state index in [1.807, 2.05) is 0 Å². The maximum Gasteiger partial charge on any atom is 0.0151 e. The first-order valence-corrected chi connectivity index (χ1v) is 5.44. The lowest BCUT2D eigenvalue weighted by molar-refractivity contribution is 0.599. The van der Waals surface area contributed by atoms with Gasteiger partial charge in [-0.25, -0.2) is 0 Å². The van der Waals surface area contributed by atoms with Gasteiger partial charge >= 0.3 is 0 Å². The van der Waals surface area contributed by atoms with Crippen LogP contribution >= 0.6 is 12.6 Å². The molecular weight excluding hydrogens is 152 g/mol. The van der Waals surface area contributed by atoms with E-state index in [4.69, 9.17) is 12.6 Å². The van der Waals surface area contributed by atoms with Gasteiger partial charge in [0.15, 0.2) is 0 Å². The fourth-order valence-corrected chi connectivity index (χ4v) is 1.53. The van der Waals surface area contributed by atoms with E-state index >= 15 is 0 Å². The fourth-order valence-electron chi connectivity index (χ4n) is 1.20. The monoisotopic (exact) mass is 173 g/mol. The van der Waals surface area contributed by atoms with Gasteiger partial charge < -0.3 is 0 Å². The smallest absolute Gasteiger partial charge is 0.0151 e. The van der Waals surface area contributed by atoms with Gasteiger partial charge in [-0.2, -0.15) is 0 Å². The minimum absolute atomic E-state index is 0.557. The molecule has 0 fully saturated rings. The second-order valence-electron chi connectivity index (χ2n) is 3.26. The third kappa shape index (κ3) is 8.25. The van der Waals surface area contributed by atoms with E-state index in [2.05, 4.69) is 13.8 Å². The summed E-state index contributed by atoms with van der Waals surface area (Å²) in [6.07, 6.45) is 9.16. The molecule has 0 aliphatic heterocycles. The lowest BCUT2D eigenvalue weighted by atomic mass is 10.1. The quantitative estimate of drug-likeness (QED) is 0.503. The minimum atomic E-state index is 0.557. The molecule has 0 heterocycles. The average molecular weight is 173 g/mol. The summed E-state index contributed by atoms with van der Waals surface area (Å²) >= 11 is 5.32. The zero-order valence-corrected chi connectivity index (χ0v) is 8.75. The van der Waals surface area contributed by atoms with Gasteiger partial charge in [-0.3, -0.25) is 0 Å². The van der Waals surface area contributed by atoms with E-state index in [-0.39, 0.29) is 0 Å². The summed E-state index contributed by atoms with van der Waals surface area (Å²) in [6, 6.07) is 0. The number of rotatable bonds is 7. The summed E-state index contributed by atoms with van der Waals surface area (Å²) in [6.45, 7) is 4.47. The van der Waals surface area contributed by atoms with Crippen molar-refractivity contribution in [3.8, 4) is 0 Å². The van der Waals surface area contributed by atoms with Crippen molar-refractivity contribution in [2.24, 2.45) is 0 Å². The summed E-state index contributed by atoms with van der Waals surface area (Å²) in [7, 11) is 0. The Morgan fingerprint density at radius 2 is 1.45 bits per heavy atom. The molecule has 0 amide bonds. The Kier molecular flexibility index (Phi) is 8.72. The molecule has 0 rings (SSSR count). The zero-order chi connectivity index (χ0) is 8.53. The van der Waals surface area contributed by atoms with Crippen molar-refractivity contribution in [2.45, 2.75) is 64.0 Å². The molecule has 1 atom stereocenters. The Morgan fingerprint density at radius 3 is 2.00 bits per heavy atom. The molecule has 67 valence electrons. The van der Waals surface area contributed by atoms with Gasteiger partial charge in [-0.05, 0) is 12.8 Å². The van der Waals surface area contributed by atoms with Crippen LogP contribution in [-0.4, -0.2) is 5.25 Å². The normalized spacial score (nSPS) is 13.4. The molecule has 0 nitrogen and oxygen atoms in total. The Hall–Kier alpha value is 0.350. The van der Waals surface area contributed by atoms with Gasteiger partial charge in [0.1, 0.15) is 0 Å². The molecule has 0 N–H and O–H groups in total. The summed E-state index contributed by atoms with van der Waals surface area (Å²) in [5.74, 6) is 0. The molecule has 0 saturated carbocycles. The third-order valence-corrected chi connectivity index (χ3v) is 2.48. The Balaban J connectivity index is 3.02. The first-order valence-electron chi connectivity index (χ1n) is 4.97. The highest BCUT2D eigenvalue weighted by molar-refractivity contribution is 7.80. The van der Waals surface area contributed by atoms with E-state index in [0.717, 1.165) is 0 Å².